The van der Waals surface area contributed by atoms with Crippen LogP contribution >= 0.6 is 0 Å². The summed E-state index contributed by atoms with van der Waals surface area (Å²) in [4.78, 5) is 10.9. The smallest absolute Gasteiger partial charge is 0.135 e. The monoisotopic (exact) mass is 126 g/mol. The van der Waals surface area contributed by atoms with Crippen LogP contribution in [-0.4, -0.2) is 5.78 Å². The maximum absolute atomic E-state index is 10.9. The quantitative estimate of drug-likeness (QED) is 0.566. The molecule has 1 aliphatic carbocycles. The number of carbonyl (C=O) groups is 1. The summed E-state index contributed by atoms with van der Waals surface area (Å²) in [6.07, 6.45) is 4.56. The number of ketones is 1. The van der Waals surface area contributed by atoms with Crippen molar-refractivity contribution in [2.75, 3.05) is 0 Å². The molecule has 0 radical (unpaired) electrons. The Balaban J connectivity index is 2.43. The lowest BCUT2D eigenvalue weighted by molar-refractivity contribution is -0.122. The van der Waals surface area contributed by atoms with Crippen LogP contribution in [0.25, 0.3) is 0 Å². The fraction of sp³-hybridized carbons (Fsp3) is 0.875. The van der Waals surface area contributed by atoms with E-state index >= 15 is 0 Å². The Morgan fingerprint density at radius 2 is 2.11 bits per heavy atom. The largest absolute Gasteiger partial charge is 0.299 e. The minimum atomic E-state index is 0.161. The molecule has 0 N–H and O–H groups in total. The minimum absolute atomic E-state index is 0.161. The number of hydrogen-bond donors (Lipinski definition) is 0. The summed E-state index contributed by atoms with van der Waals surface area (Å²) < 4.78 is 0. The van der Waals surface area contributed by atoms with Gasteiger partial charge in [-0.15, -0.1) is 0 Å². The van der Waals surface area contributed by atoms with Crippen molar-refractivity contribution in [3.63, 3.8) is 0 Å². The Labute approximate surface area is 56.4 Å². The number of hydrogen-bond acceptors (Lipinski definition) is 1. The van der Waals surface area contributed by atoms with Crippen LogP contribution in [0.15, 0.2) is 0 Å². The topological polar surface area (TPSA) is 17.1 Å². The minimum Gasteiger partial charge on any atom is -0.299 e. The fourth-order valence-electron chi connectivity index (χ4n) is 1.41. The SMILES string of the molecule is CCCC1(C(C)=O)CC1. The molecule has 0 atom stereocenters. The highest BCUT2D eigenvalue weighted by Crippen LogP contribution is 2.50. The third kappa shape index (κ3) is 1.15. The summed E-state index contributed by atoms with van der Waals surface area (Å²) in [6.45, 7) is 3.87. The zero-order valence-corrected chi connectivity index (χ0v) is 6.24. The molecule has 1 saturated carbocycles. The summed E-state index contributed by atoms with van der Waals surface area (Å²) in [5.74, 6) is 0.407. The highest BCUT2D eigenvalue weighted by Gasteiger charge is 2.45. The van der Waals surface area contributed by atoms with Crippen LogP contribution in [0.1, 0.15) is 39.5 Å². The molecule has 0 heterocycles. The second-order valence-corrected chi connectivity index (χ2v) is 3.09. The first-order chi connectivity index (χ1) is 4.21. The molecule has 52 valence electrons. The molecule has 0 amide bonds. The maximum atomic E-state index is 10.9. The lowest BCUT2D eigenvalue weighted by Crippen LogP contribution is -2.10. The van der Waals surface area contributed by atoms with Crippen molar-refractivity contribution in [3.8, 4) is 0 Å². The van der Waals surface area contributed by atoms with Crippen molar-refractivity contribution in [2.45, 2.75) is 39.5 Å². The summed E-state index contributed by atoms with van der Waals surface area (Å²) in [6, 6.07) is 0. The summed E-state index contributed by atoms with van der Waals surface area (Å²) in [5, 5.41) is 0. The van der Waals surface area contributed by atoms with Crippen molar-refractivity contribution in [3.05, 3.63) is 0 Å². The van der Waals surface area contributed by atoms with Gasteiger partial charge in [0.25, 0.3) is 0 Å². The van der Waals surface area contributed by atoms with E-state index < -0.39 is 0 Å². The van der Waals surface area contributed by atoms with Crippen LogP contribution in [0.4, 0.5) is 0 Å². The van der Waals surface area contributed by atoms with E-state index in [0.717, 1.165) is 25.7 Å². The van der Waals surface area contributed by atoms with Gasteiger partial charge in [-0.3, -0.25) is 4.79 Å². The molecule has 0 aliphatic heterocycles. The fourth-order valence-corrected chi connectivity index (χ4v) is 1.41. The number of Topliss-reactive ketones (excluding diaryl/α,β-unsaturated/α-hetero) is 1. The second-order valence-electron chi connectivity index (χ2n) is 3.09. The van der Waals surface area contributed by atoms with Crippen LogP contribution in [0.5, 0.6) is 0 Å². The van der Waals surface area contributed by atoms with Gasteiger partial charge < -0.3 is 0 Å². The van der Waals surface area contributed by atoms with Crippen molar-refractivity contribution >= 4 is 5.78 Å². The first kappa shape index (κ1) is 6.79. The van der Waals surface area contributed by atoms with Crippen LogP contribution in [0, 0.1) is 5.41 Å². The Bertz CT molecular complexity index is 123. The average Bonchev–Trinajstić information content (AvgIpc) is 2.49. The summed E-state index contributed by atoms with van der Waals surface area (Å²) >= 11 is 0. The zero-order valence-electron chi connectivity index (χ0n) is 6.24. The zero-order chi connectivity index (χ0) is 6.91. The van der Waals surface area contributed by atoms with Crippen LogP contribution in [-0.2, 0) is 4.79 Å². The Morgan fingerprint density at radius 1 is 1.56 bits per heavy atom. The molecule has 0 unspecified atom stereocenters. The molecule has 0 bridgehead atoms. The molecule has 1 fully saturated rings. The molecule has 0 saturated heterocycles. The molecular formula is C8H14O. The normalized spacial score (nSPS) is 21.6. The van der Waals surface area contributed by atoms with Gasteiger partial charge in [0, 0.05) is 5.41 Å². The molecular weight excluding hydrogens is 112 g/mol. The molecule has 0 spiro atoms. The summed E-state index contributed by atoms with van der Waals surface area (Å²) in [7, 11) is 0. The Kier molecular flexibility index (Phi) is 1.60. The van der Waals surface area contributed by atoms with Gasteiger partial charge in [-0.1, -0.05) is 13.3 Å². The molecule has 9 heavy (non-hydrogen) atoms. The predicted molar refractivity (Wildman–Crippen MR) is 37.3 cm³/mol. The van der Waals surface area contributed by atoms with Gasteiger partial charge in [0.15, 0.2) is 0 Å². The van der Waals surface area contributed by atoms with Crippen molar-refractivity contribution in [1.82, 2.24) is 0 Å². The van der Waals surface area contributed by atoms with Crippen LogP contribution in [0.3, 0.4) is 0 Å². The maximum Gasteiger partial charge on any atom is 0.135 e. The standard InChI is InChI=1S/C8H14O/c1-3-4-8(5-6-8)7(2)9/h3-6H2,1-2H3. The molecule has 0 aromatic heterocycles. The molecule has 1 aliphatic rings. The number of carbonyl (C=O) groups excluding carboxylic acids is 1. The highest BCUT2D eigenvalue weighted by molar-refractivity contribution is 5.84. The van der Waals surface area contributed by atoms with E-state index in [1.54, 1.807) is 6.92 Å². The number of rotatable bonds is 3. The third-order valence-corrected chi connectivity index (χ3v) is 2.33. The van der Waals surface area contributed by atoms with E-state index in [2.05, 4.69) is 6.92 Å². The van der Waals surface area contributed by atoms with E-state index in [0.29, 0.717) is 5.78 Å². The molecule has 0 aromatic rings. The van der Waals surface area contributed by atoms with E-state index in [9.17, 15) is 4.79 Å². The average molecular weight is 126 g/mol. The van der Waals surface area contributed by atoms with Gasteiger partial charge in [0.2, 0.25) is 0 Å². The molecule has 1 rings (SSSR count). The van der Waals surface area contributed by atoms with Crippen LogP contribution < -0.4 is 0 Å². The summed E-state index contributed by atoms with van der Waals surface area (Å²) in [5.41, 5.74) is 0.161. The Hall–Kier alpha value is -0.330. The van der Waals surface area contributed by atoms with Gasteiger partial charge in [-0.05, 0) is 26.2 Å². The first-order valence-corrected chi connectivity index (χ1v) is 3.72. The molecule has 1 heteroatoms. The van der Waals surface area contributed by atoms with Crippen molar-refractivity contribution in [1.29, 1.82) is 0 Å². The lowest BCUT2D eigenvalue weighted by atomic mass is 9.97. The van der Waals surface area contributed by atoms with E-state index in [1.807, 2.05) is 0 Å². The third-order valence-electron chi connectivity index (χ3n) is 2.33. The van der Waals surface area contributed by atoms with Gasteiger partial charge in [0.05, 0.1) is 0 Å². The van der Waals surface area contributed by atoms with E-state index in [4.69, 9.17) is 0 Å². The van der Waals surface area contributed by atoms with Crippen LogP contribution in [0.2, 0.25) is 0 Å². The Morgan fingerprint density at radius 3 is 2.22 bits per heavy atom. The predicted octanol–water partition coefficient (Wildman–Crippen LogP) is 2.16. The van der Waals surface area contributed by atoms with E-state index in [1.165, 1.54) is 0 Å². The van der Waals surface area contributed by atoms with Crippen molar-refractivity contribution in [2.24, 2.45) is 5.41 Å². The van der Waals surface area contributed by atoms with Gasteiger partial charge in [-0.25, -0.2) is 0 Å². The van der Waals surface area contributed by atoms with Gasteiger partial charge in [-0.2, -0.15) is 0 Å². The molecule has 0 aromatic carbocycles. The van der Waals surface area contributed by atoms with Gasteiger partial charge in [0.1, 0.15) is 5.78 Å². The highest BCUT2D eigenvalue weighted by atomic mass is 16.1. The second kappa shape index (κ2) is 2.13. The van der Waals surface area contributed by atoms with Crippen molar-refractivity contribution < 1.29 is 4.79 Å². The lowest BCUT2D eigenvalue weighted by Gasteiger charge is -2.06. The first-order valence-electron chi connectivity index (χ1n) is 3.72. The molecule has 1 nitrogen and oxygen atoms in total. The van der Waals surface area contributed by atoms with E-state index in [-0.39, 0.29) is 5.41 Å². The van der Waals surface area contributed by atoms with Gasteiger partial charge >= 0.3 is 0 Å².